The molecule has 2 aromatic carbocycles. The maximum atomic E-state index is 11.4. The quantitative estimate of drug-likeness (QED) is 0.679. The van der Waals surface area contributed by atoms with Gasteiger partial charge < -0.3 is 4.74 Å². The highest BCUT2D eigenvalue weighted by molar-refractivity contribution is 5.86. The summed E-state index contributed by atoms with van der Waals surface area (Å²) in [4.78, 5) is 16.0. The molecule has 23 heavy (non-hydrogen) atoms. The number of nitrogens with zero attached hydrogens (tertiary/aromatic N) is 1. The van der Waals surface area contributed by atoms with Crippen LogP contribution in [0.3, 0.4) is 0 Å². The Morgan fingerprint density at radius 2 is 1.91 bits per heavy atom. The summed E-state index contributed by atoms with van der Waals surface area (Å²) in [6.45, 7) is 2.15. The van der Waals surface area contributed by atoms with Gasteiger partial charge in [0.15, 0.2) is 0 Å². The van der Waals surface area contributed by atoms with Crippen LogP contribution in [0.2, 0.25) is 0 Å². The van der Waals surface area contributed by atoms with Crippen LogP contribution in [-0.4, -0.2) is 18.1 Å². The van der Waals surface area contributed by atoms with Crippen molar-refractivity contribution in [1.82, 2.24) is 4.98 Å². The van der Waals surface area contributed by atoms with E-state index in [2.05, 4.69) is 36.2 Å². The second-order valence-corrected chi connectivity index (χ2v) is 5.56. The lowest BCUT2D eigenvalue weighted by atomic mass is 10.0. The third kappa shape index (κ3) is 3.39. The van der Waals surface area contributed by atoms with E-state index in [0.717, 1.165) is 28.6 Å². The van der Waals surface area contributed by atoms with Gasteiger partial charge in [0.05, 0.1) is 19.2 Å². The molecule has 0 saturated heterocycles. The summed E-state index contributed by atoms with van der Waals surface area (Å²) < 4.78 is 4.73. The van der Waals surface area contributed by atoms with Gasteiger partial charge in [0, 0.05) is 17.1 Å². The molecule has 3 aromatic rings. The Morgan fingerprint density at radius 1 is 1.04 bits per heavy atom. The predicted molar refractivity (Wildman–Crippen MR) is 92.3 cm³/mol. The topological polar surface area (TPSA) is 39.2 Å². The second kappa shape index (κ2) is 6.61. The minimum absolute atomic E-state index is 0.235. The van der Waals surface area contributed by atoms with E-state index in [-0.39, 0.29) is 12.4 Å². The average molecular weight is 305 g/mol. The number of benzene rings is 2. The molecule has 0 aliphatic rings. The van der Waals surface area contributed by atoms with Gasteiger partial charge in [-0.2, -0.15) is 0 Å². The molecule has 0 radical (unpaired) electrons. The van der Waals surface area contributed by atoms with Gasteiger partial charge in [0.2, 0.25) is 0 Å². The molecule has 0 atom stereocenters. The molecular formula is C20H19NO2. The minimum atomic E-state index is -0.235. The lowest BCUT2D eigenvalue weighted by Crippen LogP contribution is -2.04. The summed E-state index contributed by atoms with van der Waals surface area (Å²) in [5.74, 6) is -0.235. The number of fused-ring (bicyclic) bond motifs is 1. The Kier molecular flexibility index (Phi) is 4.38. The van der Waals surface area contributed by atoms with E-state index < -0.39 is 0 Å². The SMILES string of the molecule is CCc1ccc2cnc(-c3cccc(CC(=O)OC)c3)cc2c1. The Hall–Kier alpha value is -2.68. The standard InChI is InChI=1S/C20H19NO2/c1-3-14-7-8-17-13-21-19(12-18(17)9-14)16-6-4-5-15(10-16)11-20(22)23-2/h4-10,12-13H,3,11H2,1-2H3. The molecule has 0 spiro atoms. The number of hydrogen-bond donors (Lipinski definition) is 0. The van der Waals surface area contributed by atoms with Crippen LogP contribution in [0.15, 0.2) is 54.7 Å². The zero-order valence-electron chi connectivity index (χ0n) is 13.4. The Bertz CT molecular complexity index is 855. The van der Waals surface area contributed by atoms with Crippen LogP contribution in [0.4, 0.5) is 0 Å². The van der Waals surface area contributed by atoms with Gasteiger partial charge >= 0.3 is 5.97 Å². The van der Waals surface area contributed by atoms with E-state index in [1.165, 1.54) is 18.1 Å². The van der Waals surface area contributed by atoms with Crippen LogP contribution in [0, 0.1) is 0 Å². The predicted octanol–water partition coefficient (Wildman–Crippen LogP) is 4.18. The molecule has 0 fully saturated rings. The Labute approximate surface area is 135 Å². The van der Waals surface area contributed by atoms with Gasteiger partial charge in [0.25, 0.3) is 0 Å². The first-order valence-corrected chi connectivity index (χ1v) is 7.74. The number of aryl methyl sites for hydroxylation is 1. The van der Waals surface area contributed by atoms with Crippen molar-refractivity contribution in [2.45, 2.75) is 19.8 Å². The summed E-state index contributed by atoms with van der Waals surface area (Å²) in [6, 6.07) is 16.4. The van der Waals surface area contributed by atoms with Crippen molar-refractivity contribution >= 4 is 16.7 Å². The van der Waals surface area contributed by atoms with Gasteiger partial charge in [-0.3, -0.25) is 9.78 Å². The fraction of sp³-hybridized carbons (Fsp3) is 0.200. The number of pyridine rings is 1. The smallest absolute Gasteiger partial charge is 0.309 e. The van der Waals surface area contributed by atoms with Gasteiger partial charge in [-0.15, -0.1) is 0 Å². The van der Waals surface area contributed by atoms with Crippen LogP contribution in [0.5, 0.6) is 0 Å². The summed E-state index contributed by atoms with van der Waals surface area (Å²) in [7, 11) is 1.41. The van der Waals surface area contributed by atoms with Crippen molar-refractivity contribution in [3.8, 4) is 11.3 Å². The van der Waals surface area contributed by atoms with Crippen molar-refractivity contribution in [3.05, 3.63) is 65.9 Å². The fourth-order valence-corrected chi connectivity index (χ4v) is 2.65. The molecule has 116 valence electrons. The normalized spacial score (nSPS) is 10.7. The Morgan fingerprint density at radius 3 is 2.70 bits per heavy atom. The summed E-state index contributed by atoms with van der Waals surface area (Å²) in [6.07, 6.45) is 3.19. The molecule has 3 rings (SSSR count). The van der Waals surface area contributed by atoms with E-state index in [1.54, 1.807) is 0 Å². The van der Waals surface area contributed by atoms with Crippen molar-refractivity contribution in [2.75, 3.05) is 7.11 Å². The lowest BCUT2D eigenvalue weighted by Gasteiger charge is -2.07. The highest BCUT2D eigenvalue weighted by Gasteiger charge is 2.06. The molecule has 3 nitrogen and oxygen atoms in total. The van der Waals surface area contributed by atoms with Gasteiger partial charge in [-0.05, 0) is 35.1 Å². The molecule has 0 saturated carbocycles. The molecular weight excluding hydrogens is 286 g/mol. The molecule has 1 aromatic heterocycles. The summed E-state index contributed by atoms with van der Waals surface area (Å²) >= 11 is 0. The number of ether oxygens (including phenoxy) is 1. The second-order valence-electron chi connectivity index (χ2n) is 5.56. The highest BCUT2D eigenvalue weighted by atomic mass is 16.5. The van der Waals surface area contributed by atoms with E-state index in [4.69, 9.17) is 4.74 Å². The molecule has 0 unspecified atom stereocenters. The van der Waals surface area contributed by atoms with E-state index >= 15 is 0 Å². The van der Waals surface area contributed by atoms with E-state index in [9.17, 15) is 4.79 Å². The van der Waals surface area contributed by atoms with Crippen LogP contribution in [0.1, 0.15) is 18.1 Å². The summed E-state index contributed by atoms with van der Waals surface area (Å²) in [5, 5.41) is 2.32. The molecule has 1 heterocycles. The number of rotatable bonds is 4. The number of carbonyl (C=O) groups excluding carboxylic acids is 1. The van der Waals surface area contributed by atoms with Crippen LogP contribution < -0.4 is 0 Å². The first kappa shape index (κ1) is 15.2. The van der Waals surface area contributed by atoms with Crippen molar-refractivity contribution < 1.29 is 9.53 Å². The molecule has 0 aliphatic heterocycles. The zero-order valence-corrected chi connectivity index (χ0v) is 13.4. The molecule has 0 bridgehead atoms. The molecule has 0 amide bonds. The molecule has 3 heteroatoms. The largest absolute Gasteiger partial charge is 0.469 e. The minimum Gasteiger partial charge on any atom is -0.469 e. The fourth-order valence-electron chi connectivity index (χ4n) is 2.65. The maximum Gasteiger partial charge on any atom is 0.309 e. The first-order chi connectivity index (χ1) is 11.2. The number of esters is 1. The van der Waals surface area contributed by atoms with Crippen molar-refractivity contribution in [1.29, 1.82) is 0 Å². The third-order valence-electron chi connectivity index (χ3n) is 3.99. The number of aromatic nitrogens is 1. The molecule has 0 aliphatic carbocycles. The Balaban J connectivity index is 1.99. The third-order valence-corrected chi connectivity index (χ3v) is 3.99. The highest BCUT2D eigenvalue weighted by Crippen LogP contribution is 2.24. The number of hydrogen-bond acceptors (Lipinski definition) is 3. The monoisotopic (exact) mass is 305 g/mol. The number of methoxy groups -OCH3 is 1. The van der Waals surface area contributed by atoms with Gasteiger partial charge in [-0.25, -0.2) is 0 Å². The molecule has 0 N–H and O–H groups in total. The van der Waals surface area contributed by atoms with Crippen LogP contribution >= 0.6 is 0 Å². The van der Waals surface area contributed by atoms with Gasteiger partial charge in [0.1, 0.15) is 0 Å². The number of carbonyl (C=O) groups is 1. The van der Waals surface area contributed by atoms with Crippen LogP contribution in [0.25, 0.3) is 22.0 Å². The summed E-state index contributed by atoms with van der Waals surface area (Å²) in [5.41, 5.74) is 4.17. The first-order valence-electron chi connectivity index (χ1n) is 7.74. The van der Waals surface area contributed by atoms with Crippen molar-refractivity contribution in [3.63, 3.8) is 0 Å². The lowest BCUT2D eigenvalue weighted by molar-refractivity contribution is -0.139. The van der Waals surface area contributed by atoms with Crippen molar-refractivity contribution in [2.24, 2.45) is 0 Å². The van der Waals surface area contributed by atoms with E-state index in [0.29, 0.717) is 0 Å². The van der Waals surface area contributed by atoms with E-state index in [1.807, 2.05) is 30.5 Å². The average Bonchev–Trinajstić information content (AvgIpc) is 2.60. The maximum absolute atomic E-state index is 11.4. The van der Waals surface area contributed by atoms with Gasteiger partial charge in [-0.1, -0.05) is 43.3 Å². The zero-order chi connectivity index (χ0) is 16.2. The van der Waals surface area contributed by atoms with Crippen LogP contribution in [-0.2, 0) is 22.4 Å².